The Morgan fingerprint density at radius 1 is 1.24 bits per heavy atom. The zero-order valence-corrected chi connectivity index (χ0v) is 13.3. The van der Waals surface area contributed by atoms with Crippen molar-refractivity contribution in [1.82, 2.24) is 0 Å². The van der Waals surface area contributed by atoms with Gasteiger partial charge < -0.3 is 14.6 Å². The number of benzene rings is 1. The highest BCUT2D eigenvalue weighted by Gasteiger charge is 2.28. The Morgan fingerprint density at radius 3 is 2.38 bits per heavy atom. The van der Waals surface area contributed by atoms with E-state index < -0.39 is 5.97 Å². The van der Waals surface area contributed by atoms with Crippen LogP contribution in [0.1, 0.15) is 43.5 Å². The van der Waals surface area contributed by atoms with Crippen LogP contribution in [0.25, 0.3) is 0 Å². The first-order valence-corrected chi connectivity index (χ1v) is 7.56. The van der Waals surface area contributed by atoms with Gasteiger partial charge in [-0.1, -0.05) is 25.4 Å². The second-order valence-electron chi connectivity index (χ2n) is 5.95. The standard InChI is InChI=1S/C16H21ClO4/c1-9-4-10(2)6-12(5-9)21-15-13(16(18)19)7-11(17)8-14(15)20-3/h7-10,12H,4-6H2,1-3H3,(H,18,19). The molecule has 0 heterocycles. The molecule has 1 aliphatic rings. The summed E-state index contributed by atoms with van der Waals surface area (Å²) in [4.78, 5) is 11.4. The second-order valence-corrected chi connectivity index (χ2v) is 6.38. The van der Waals surface area contributed by atoms with Gasteiger partial charge in [0.25, 0.3) is 0 Å². The molecule has 0 amide bonds. The third-order valence-corrected chi connectivity index (χ3v) is 4.11. The van der Waals surface area contributed by atoms with E-state index in [0.29, 0.717) is 22.6 Å². The fourth-order valence-corrected chi connectivity index (χ4v) is 3.34. The average molecular weight is 313 g/mol. The van der Waals surface area contributed by atoms with Gasteiger partial charge >= 0.3 is 5.97 Å². The van der Waals surface area contributed by atoms with E-state index in [4.69, 9.17) is 21.1 Å². The largest absolute Gasteiger partial charge is 0.493 e. The van der Waals surface area contributed by atoms with Gasteiger partial charge in [-0.3, -0.25) is 0 Å². The van der Waals surface area contributed by atoms with Crippen molar-refractivity contribution in [1.29, 1.82) is 0 Å². The van der Waals surface area contributed by atoms with Crippen molar-refractivity contribution < 1.29 is 19.4 Å². The van der Waals surface area contributed by atoms with Crippen molar-refractivity contribution in [2.24, 2.45) is 11.8 Å². The van der Waals surface area contributed by atoms with Gasteiger partial charge in [-0.15, -0.1) is 0 Å². The Labute approximate surface area is 130 Å². The van der Waals surface area contributed by atoms with Crippen LogP contribution in [0.3, 0.4) is 0 Å². The fourth-order valence-electron chi connectivity index (χ4n) is 3.14. The number of halogens is 1. The second kappa shape index (κ2) is 6.56. The quantitative estimate of drug-likeness (QED) is 0.903. The predicted molar refractivity (Wildman–Crippen MR) is 81.6 cm³/mol. The van der Waals surface area contributed by atoms with Crippen molar-refractivity contribution in [3.8, 4) is 11.5 Å². The van der Waals surface area contributed by atoms with E-state index >= 15 is 0 Å². The maximum atomic E-state index is 11.4. The van der Waals surface area contributed by atoms with E-state index in [1.165, 1.54) is 19.6 Å². The Hall–Kier alpha value is -1.42. The van der Waals surface area contributed by atoms with E-state index in [0.717, 1.165) is 12.8 Å². The van der Waals surface area contributed by atoms with E-state index in [1.807, 2.05) is 0 Å². The van der Waals surface area contributed by atoms with Gasteiger partial charge in [-0.05, 0) is 37.2 Å². The summed E-state index contributed by atoms with van der Waals surface area (Å²) in [6.07, 6.45) is 3.05. The fraction of sp³-hybridized carbons (Fsp3) is 0.562. The van der Waals surface area contributed by atoms with Crippen LogP contribution >= 0.6 is 11.6 Å². The minimum atomic E-state index is -1.07. The molecule has 4 nitrogen and oxygen atoms in total. The number of carboxylic acids is 1. The molecule has 0 saturated heterocycles. The van der Waals surface area contributed by atoms with Crippen LogP contribution in [0.5, 0.6) is 11.5 Å². The highest BCUT2D eigenvalue weighted by molar-refractivity contribution is 6.31. The number of rotatable bonds is 4. The van der Waals surface area contributed by atoms with E-state index in [-0.39, 0.29) is 17.4 Å². The van der Waals surface area contributed by atoms with Gasteiger partial charge in [-0.25, -0.2) is 4.79 Å². The summed E-state index contributed by atoms with van der Waals surface area (Å²) in [6.45, 7) is 4.40. The molecule has 116 valence electrons. The maximum absolute atomic E-state index is 11.4. The minimum Gasteiger partial charge on any atom is -0.493 e. The summed E-state index contributed by atoms with van der Waals surface area (Å²) in [5.74, 6) is 0.727. The minimum absolute atomic E-state index is 0.0110. The van der Waals surface area contributed by atoms with E-state index in [9.17, 15) is 9.90 Å². The van der Waals surface area contributed by atoms with Crippen molar-refractivity contribution in [3.05, 3.63) is 22.7 Å². The average Bonchev–Trinajstić information content (AvgIpc) is 2.38. The number of aromatic carboxylic acids is 1. The van der Waals surface area contributed by atoms with Gasteiger partial charge in [0.05, 0.1) is 13.2 Å². The Balaban J connectivity index is 2.31. The molecular weight excluding hydrogens is 292 g/mol. The lowest BCUT2D eigenvalue weighted by Gasteiger charge is -2.32. The number of methoxy groups -OCH3 is 1. The Morgan fingerprint density at radius 2 is 1.86 bits per heavy atom. The van der Waals surface area contributed by atoms with Crippen LogP contribution in [0, 0.1) is 11.8 Å². The molecule has 2 atom stereocenters. The molecule has 0 spiro atoms. The van der Waals surface area contributed by atoms with Crippen LogP contribution in [0.2, 0.25) is 5.02 Å². The topological polar surface area (TPSA) is 55.8 Å². The molecule has 1 aromatic carbocycles. The maximum Gasteiger partial charge on any atom is 0.339 e. The van der Waals surface area contributed by atoms with Crippen molar-refractivity contribution in [2.75, 3.05) is 7.11 Å². The zero-order chi connectivity index (χ0) is 15.6. The first-order valence-electron chi connectivity index (χ1n) is 7.18. The molecule has 0 aliphatic heterocycles. The lowest BCUT2D eigenvalue weighted by molar-refractivity contribution is 0.0672. The molecule has 0 bridgehead atoms. The highest BCUT2D eigenvalue weighted by Crippen LogP contribution is 2.38. The van der Waals surface area contributed by atoms with Crippen LogP contribution in [0.4, 0.5) is 0 Å². The van der Waals surface area contributed by atoms with Gasteiger partial charge in [0.15, 0.2) is 11.5 Å². The summed E-state index contributed by atoms with van der Waals surface area (Å²) < 4.78 is 11.2. The molecule has 1 saturated carbocycles. The molecule has 21 heavy (non-hydrogen) atoms. The predicted octanol–water partition coefficient (Wildman–Crippen LogP) is 4.25. The molecule has 0 radical (unpaired) electrons. The summed E-state index contributed by atoms with van der Waals surface area (Å²) in [5.41, 5.74) is 0.0465. The number of hydrogen-bond acceptors (Lipinski definition) is 3. The summed E-state index contributed by atoms with van der Waals surface area (Å²) in [5, 5.41) is 9.67. The highest BCUT2D eigenvalue weighted by atomic mass is 35.5. The third kappa shape index (κ3) is 3.82. The molecule has 2 unspecified atom stereocenters. The number of carbonyl (C=O) groups is 1. The normalized spacial score (nSPS) is 25.4. The molecular formula is C16H21ClO4. The van der Waals surface area contributed by atoms with Crippen LogP contribution < -0.4 is 9.47 Å². The first-order chi connectivity index (χ1) is 9.90. The smallest absolute Gasteiger partial charge is 0.339 e. The lowest BCUT2D eigenvalue weighted by Crippen LogP contribution is -2.29. The number of carboxylic acid groups (broad SMARTS) is 1. The molecule has 0 aromatic heterocycles. The number of hydrogen-bond donors (Lipinski definition) is 1. The van der Waals surface area contributed by atoms with Gasteiger partial charge in [-0.2, -0.15) is 0 Å². The Bertz CT molecular complexity index is 519. The SMILES string of the molecule is COc1cc(Cl)cc(C(=O)O)c1OC1CC(C)CC(C)C1. The third-order valence-electron chi connectivity index (χ3n) is 3.89. The molecule has 1 fully saturated rings. The van der Waals surface area contributed by atoms with Crippen molar-refractivity contribution in [2.45, 2.75) is 39.2 Å². The van der Waals surface area contributed by atoms with Crippen LogP contribution in [-0.2, 0) is 0 Å². The molecule has 5 heteroatoms. The monoisotopic (exact) mass is 312 g/mol. The molecule has 1 aromatic rings. The zero-order valence-electron chi connectivity index (χ0n) is 12.6. The number of ether oxygens (including phenoxy) is 2. The van der Waals surface area contributed by atoms with Crippen molar-refractivity contribution in [3.63, 3.8) is 0 Å². The van der Waals surface area contributed by atoms with E-state index in [1.54, 1.807) is 6.07 Å². The summed E-state index contributed by atoms with van der Waals surface area (Å²) in [7, 11) is 1.48. The lowest BCUT2D eigenvalue weighted by atomic mass is 9.82. The summed E-state index contributed by atoms with van der Waals surface area (Å²) >= 11 is 5.94. The molecule has 1 N–H and O–H groups in total. The molecule has 2 rings (SSSR count). The van der Waals surface area contributed by atoms with Gasteiger partial charge in [0.1, 0.15) is 5.56 Å². The molecule has 1 aliphatic carbocycles. The summed E-state index contributed by atoms with van der Waals surface area (Å²) in [6, 6.07) is 2.98. The van der Waals surface area contributed by atoms with Gasteiger partial charge in [0, 0.05) is 11.1 Å². The first kappa shape index (κ1) is 16.0. The van der Waals surface area contributed by atoms with E-state index in [2.05, 4.69) is 13.8 Å². The van der Waals surface area contributed by atoms with Crippen LogP contribution in [0.15, 0.2) is 12.1 Å². The Kier molecular flexibility index (Phi) is 4.99. The van der Waals surface area contributed by atoms with Gasteiger partial charge in [0.2, 0.25) is 0 Å². The van der Waals surface area contributed by atoms with Crippen molar-refractivity contribution >= 4 is 17.6 Å². The van der Waals surface area contributed by atoms with Crippen LogP contribution in [-0.4, -0.2) is 24.3 Å².